The fourth-order valence-electron chi connectivity index (χ4n) is 3.86. The van der Waals surface area contributed by atoms with Crippen LogP contribution >= 0.6 is 0 Å². The number of ether oxygens (including phenoxy) is 3. The van der Waals surface area contributed by atoms with Crippen molar-refractivity contribution in [1.29, 1.82) is 0 Å². The van der Waals surface area contributed by atoms with Crippen molar-refractivity contribution in [1.82, 2.24) is 0 Å². The van der Waals surface area contributed by atoms with Crippen LogP contribution in [0, 0.1) is 0 Å². The van der Waals surface area contributed by atoms with Gasteiger partial charge in [0.1, 0.15) is 0 Å². The van der Waals surface area contributed by atoms with Crippen LogP contribution in [0.4, 0.5) is 0 Å². The van der Waals surface area contributed by atoms with Gasteiger partial charge in [0.05, 0.1) is 12.0 Å². The van der Waals surface area contributed by atoms with Crippen molar-refractivity contribution in [3.8, 4) is 11.5 Å². The zero-order valence-corrected chi connectivity index (χ0v) is 10.9. The van der Waals surface area contributed by atoms with E-state index in [-0.39, 0.29) is 12.2 Å². The monoisotopic (exact) mass is 262 g/mol. The van der Waals surface area contributed by atoms with Crippen LogP contribution in [0.1, 0.15) is 37.7 Å². The lowest BCUT2D eigenvalue weighted by Crippen LogP contribution is -2.50. The molecular formula is C15H18O4. The minimum atomic E-state index is -1.00. The van der Waals surface area contributed by atoms with E-state index >= 15 is 0 Å². The van der Waals surface area contributed by atoms with Crippen LogP contribution in [0.3, 0.4) is 0 Å². The summed E-state index contributed by atoms with van der Waals surface area (Å²) in [5.41, 5.74) is 0.850. The summed E-state index contributed by atoms with van der Waals surface area (Å²) in [7, 11) is 0. The van der Waals surface area contributed by atoms with Crippen molar-refractivity contribution in [3.05, 3.63) is 23.8 Å². The summed E-state index contributed by atoms with van der Waals surface area (Å²) in [6.45, 7) is 0.914. The van der Waals surface area contributed by atoms with Crippen LogP contribution in [-0.4, -0.2) is 24.3 Å². The van der Waals surface area contributed by atoms with Crippen molar-refractivity contribution in [3.63, 3.8) is 0 Å². The van der Waals surface area contributed by atoms with Crippen LogP contribution in [0.2, 0.25) is 0 Å². The zero-order valence-electron chi connectivity index (χ0n) is 10.9. The Hall–Kier alpha value is -1.26. The molecule has 102 valence electrons. The topological polar surface area (TPSA) is 47.9 Å². The number of benzene rings is 1. The Labute approximate surface area is 112 Å². The van der Waals surface area contributed by atoms with Crippen molar-refractivity contribution in [2.45, 2.75) is 43.3 Å². The Morgan fingerprint density at radius 3 is 2.79 bits per heavy atom. The van der Waals surface area contributed by atoms with E-state index in [0.717, 1.165) is 49.2 Å². The average Bonchev–Trinajstić information content (AvgIpc) is 3.01. The molecule has 0 radical (unpaired) electrons. The zero-order chi connectivity index (χ0) is 12.9. The number of aliphatic hydroxyl groups is 1. The molecule has 0 spiro atoms. The molecule has 1 N–H and O–H groups in total. The third-order valence-corrected chi connectivity index (χ3v) is 4.91. The predicted octanol–water partition coefficient (Wildman–Crippen LogP) is 2.34. The molecule has 1 saturated carbocycles. The molecule has 1 unspecified atom stereocenters. The van der Waals surface area contributed by atoms with Gasteiger partial charge in [0.25, 0.3) is 0 Å². The third-order valence-electron chi connectivity index (χ3n) is 4.91. The van der Waals surface area contributed by atoms with Gasteiger partial charge in [-0.3, -0.25) is 0 Å². The highest BCUT2D eigenvalue weighted by Crippen LogP contribution is 2.54. The standard InChI is InChI=1S/C15H18O4/c16-15-6-2-1-5-14(15,7-8-19-15)11-3-4-12-13(9-11)18-10-17-12/h3-4,9,16H,1-2,5-8,10H2/t14-,15?/m1/s1. The second kappa shape index (κ2) is 3.87. The first-order valence-electron chi connectivity index (χ1n) is 7.00. The highest BCUT2D eigenvalue weighted by atomic mass is 16.7. The van der Waals surface area contributed by atoms with Gasteiger partial charge in [-0.15, -0.1) is 0 Å². The summed E-state index contributed by atoms with van der Waals surface area (Å²) in [5, 5.41) is 10.9. The highest BCUT2D eigenvalue weighted by molar-refractivity contribution is 5.47. The van der Waals surface area contributed by atoms with Crippen LogP contribution in [0.5, 0.6) is 11.5 Å². The molecule has 1 aliphatic carbocycles. The molecule has 2 aliphatic heterocycles. The van der Waals surface area contributed by atoms with Gasteiger partial charge >= 0.3 is 0 Å². The quantitative estimate of drug-likeness (QED) is 0.844. The number of hydrogen-bond donors (Lipinski definition) is 1. The number of fused-ring (bicyclic) bond motifs is 2. The summed E-state index contributed by atoms with van der Waals surface area (Å²) in [5.74, 6) is 0.573. The molecule has 2 atom stereocenters. The smallest absolute Gasteiger partial charge is 0.231 e. The Kier molecular flexibility index (Phi) is 2.35. The maximum Gasteiger partial charge on any atom is 0.231 e. The van der Waals surface area contributed by atoms with E-state index < -0.39 is 5.79 Å². The molecule has 1 aromatic rings. The maximum atomic E-state index is 10.9. The lowest BCUT2D eigenvalue weighted by atomic mass is 9.64. The molecule has 3 aliphatic rings. The predicted molar refractivity (Wildman–Crippen MR) is 68.2 cm³/mol. The summed E-state index contributed by atoms with van der Waals surface area (Å²) in [6.07, 6.45) is 4.75. The normalized spacial score (nSPS) is 36.3. The minimum absolute atomic E-state index is 0.272. The second-order valence-corrected chi connectivity index (χ2v) is 5.74. The van der Waals surface area contributed by atoms with E-state index in [0.29, 0.717) is 6.61 Å². The molecule has 2 heterocycles. The van der Waals surface area contributed by atoms with Gasteiger partial charge in [-0.2, -0.15) is 0 Å². The van der Waals surface area contributed by atoms with Gasteiger partial charge in [-0.05, 0) is 37.0 Å². The Morgan fingerprint density at radius 2 is 1.84 bits per heavy atom. The van der Waals surface area contributed by atoms with Crippen LogP contribution in [0.25, 0.3) is 0 Å². The second-order valence-electron chi connectivity index (χ2n) is 5.74. The lowest BCUT2D eigenvalue weighted by Gasteiger charge is -2.44. The fourth-order valence-corrected chi connectivity index (χ4v) is 3.86. The number of hydrogen-bond acceptors (Lipinski definition) is 4. The largest absolute Gasteiger partial charge is 0.454 e. The third kappa shape index (κ3) is 1.47. The summed E-state index contributed by atoms with van der Waals surface area (Å²) in [6, 6.07) is 6.02. The average molecular weight is 262 g/mol. The minimum Gasteiger partial charge on any atom is -0.454 e. The van der Waals surface area contributed by atoms with Gasteiger partial charge in [-0.1, -0.05) is 12.5 Å². The summed E-state index contributed by atoms with van der Waals surface area (Å²) < 4.78 is 16.5. The van der Waals surface area contributed by atoms with E-state index in [4.69, 9.17) is 14.2 Å². The fraction of sp³-hybridized carbons (Fsp3) is 0.600. The van der Waals surface area contributed by atoms with E-state index in [1.165, 1.54) is 0 Å². The Balaban J connectivity index is 1.81. The van der Waals surface area contributed by atoms with Gasteiger partial charge < -0.3 is 19.3 Å². The van der Waals surface area contributed by atoms with Crippen molar-refractivity contribution < 1.29 is 19.3 Å². The number of rotatable bonds is 1. The van der Waals surface area contributed by atoms with Gasteiger partial charge in [0, 0.05) is 6.42 Å². The first kappa shape index (κ1) is 11.6. The van der Waals surface area contributed by atoms with E-state index in [9.17, 15) is 5.11 Å². The van der Waals surface area contributed by atoms with Crippen LogP contribution in [0.15, 0.2) is 18.2 Å². The van der Waals surface area contributed by atoms with E-state index in [1.54, 1.807) is 0 Å². The SMILES string of the molecule is OC12CCCC[C@]1(c1ccc3c(c1)OCO3)CCO2. The van der Waals surface area contributed by atoms with Crippen molar-refractivity contribution in [2.75, 3.05) is 13.4 Å². The first-order chi connectivity index (χ1) is 9.24. The molecule has 2 fully saturated rings. The summed E-state index contributed by atoms with van der Waals surface area (Å²) in [4.78, 5) is 0. The Morgan fingerprint density at radius 1 is 1.00 bits per heavy atom. The molecular weight excluding hydrogens is 244 g/mol. The van der Waals surface area contributed by atoms with Gasteiger partial charge in [0.15, 0.2) is 17.3 Å². The molecule has 1 aromatic carbocycles. The lowest BCUT2D eigenvalue weighted by molar-refractivity contribution is -0.220. The van der Waals surface area contributed by atoms with E-state index in [1.807, 2.05) is 12.1 Å². The summed E-state index contributed by atoms with van der Waals surface area (Å²) >= 11 is 0. The molecule has 4 rings (SSSR count). The molecule has 0 bridgehead atoms. The maximum absolute atomic E-state index is 10.9. The van der Waals surface area contributed by atoms with Gasteiger partial charge in [-0.25, -0.2) is 0 Å². The molecule has 0 aromatic heterocycles. The molecule has 4 heteroatoms. The van der Waals surface area contributed by atoms with Crippen molar-refractivity contribution >= 4 is 0 Å². The van der Waals surface area contributed by atoms with Crippen LogP contribution in [-0.2, 0) is 10.2 Å². The molecule has 19 heavy (non-hydrogen) atoms. The first-order valence-corrected chi connectivity index (χ1v) is 7.00. The molecule has 0 amide bonds. The molecule has 1 saturated heterocycles. The van der Waals surface area contributed by atoms with Gasteiger partial charge in [0.2, 0.25) is 6.79 Å². The van der Waals surface area contributed by atoms with E-state index in [2.05, 4.69) is 6.07 Å². The Bertz CT molecular complexity index is 515. The highest BCUT2D eigenvalue weighted by Gasteiger charge is 2.57. The van der Waals surface area contributed by atoms with Crippen molar-refractivity contribution in [2.24, 2.45) is 0 Å². The molecule has 4 nitrogen and oxygen atoms in total. The van der Waals surface area contributed by atoms with Crippen LogP contribution < -0.4 is 9.47 Å².